The van der Waals surface area contributed by atoms with Gasteiger partial charge in [0.2, 0.25) is 0 Å². The minimum Gasteiger partial charge on any atom is -0.276 e. The summed E-state index contributed by atoms with van der Waals surface area (Å²) in [5, 5.41) is 0. The standard InChI is InChI=1S/C4H9NOS.ClH/c1-5(2)4(6)3-7;/h7H,3H2,1-2H3;1H/p+1. The molecule has 0 bridgehead atoms. The highest BCUT2D eigenvalue weighted by molar-refractivity contribution is 7.81. The van der Waals surface area contributed by atoms with Crippen LogP contribution in [0.25, 0.3) is 0 Å². The second-order valence-electron chi connectivity index (χ2n) is 1.58. The Labute approximate surface area is 61.1 Å². The molecule has 0 spiro atoms. The van der Waals surface area contributed by atoms with Crippen molar-refractivity contribution in [2.75, 3.05) is 19.8 Å². The molecule has 0 aromatic rings. The Morgan fingerprint density at radius 2 is 2.00 bits per heavy atom. The molecule has 8 heavy (non-hydrogen) atoms. The summed E-state index contributed by atoms with van der Waals surface area (Å²) in [5.41, 5.74) is 0. The van der Waals surface area contributed by atoms with Gasteiger partial charge < -0.3 is 0 Å². The first-order valence-corrected chi connectivity index (χ1v) is 2.76. The van der Waals surface area contributed by atoms with Crippen LogP contribution in [-0.2, 0) is 4.79 Å². The van der Waals surface area contributed by atoms with Crippen LogP contribution in [0.1, 0.15) is 0 Å². The van der Waals surface area contributed by atoms with Crippen molar-refractivity contribution in [1.29, 1.82) is 0 Å². The maximum Gasteiger partial charge on any atom is 0.321 e. The molecule has 0 rings (SSSR count). The molecule has 2 nitrogen and oxygen atoms in total. The Hall–Kier alpha value is 0.270. The Morgan fingerprint density at radius 3 is 2.00 bits per heavy atom. The van der Waals surface area contributed by atoms with Gasteiger partial charge in [0, 0.05) is 0 Å². The molecule has 0 atom stereocenters. The van der Waals surface area contributed by atoms with Gasteiger partial charge in [-0.25, -0.2) is 4.79 Å². The number of carbonyl (C=O) groups excluding carboxylic acids is 1. The lowest BCUT2D eigenvalue weighted by molar-refractivity contribution is -0.773. The van der Waals surface area contributed by atoms with Gasteiger partial charge in [0.05, 0.1) is 14.1 Å². The highest BCUT2D eigenvalue weighted by Gasteiger charge is 2.02. The van der Waals surface area contributed by atoms with Crippen LogP contribution in [0.2, 0.25) is 0 Å². The molecule has 1 N–H and O–H groups in total. The van der Waals surface area contributed by atoms with E-state index in [1.807, 2.05) is 0 Å². The third kappa shape index (κ3) is 4.43. The number of carbonyl (C=O) groups is 1. The number of hydrogen-bond acceptors (Lipinski definition) is 2. The fourth-order valence-electron chi connectivity index (χ4n) is 0.158. The first-order chi connectivity index (χ1) is 3.18. The Balaban J connectivity index is 0. The second kappa shape index (κ2) is 5.41. The number of nitrogens with one attached hydrogen (secondary N) is 1. The van der Waals surface area contributed by atoms with Gasteiger partial charge in [0.25, 0.3) is 0 Å². The molecule has 0 aromatic heterocycles. The van der Waals surface area contributed by atoms with Gasteiger partial charge in [-0.1, -0.05) is 0 Å². The topological polar surface area (TPSA) is 21.5 Å². The SMILES string of the molecule is C[NH+](C)C(=O)CS.Cl. The molecule has 0 heterocycles. The van der Waals surface area contributed by atoms with E-state index in [1.165, 1.54) is 0 Å². The Bertz CT molecular complexity index is 76.4. The number of halogens is 1. The van der Waals surface area contributed by atoms with E-state index in [1.54, 1.807) is 14.1 Å². The average molecular weight is 157 g/mol. The van der Waals surface area contributed by atoms with Gasteiger partial charge in [-0.05, 0) is 0 Å². The summed E-state index contributed by atoms with van der Waals surface area (Å²) in [7, 11) is 3.58. The molecular formula is C4H11ClNOS+. The van der Waals surface area contributed by atoms with E-state index in [2.05, 4.69) is 12.6 Å². The number of amides is 1. The van der Waals surface area contributed by atoms with Gasteiger partial charge >= 0.3 is 5.91 Å². The minimum absolute atomic E-state index is 0. The van der Waals surface area contributed by atoms with Crippen LogP contribution in [0.5, 0.6) is 0 Å². The molecule has 1 amide bonds. The third-order valence-electron chi connectivity index (χ3n) is 0.701. The van der Waals surface area contributed by atoms with E-state index < -0.39 is 0 Å². The van der Waals surface area contributed by atoms with Gasteiger partial charge in [-0.15, -0.1) is 12.4 Å². The first-order valence-electron chi connectivity index (χ1n) is 2.12. The molecule has 0 unspecified atom stereocenters. The molecule has 0 aliphatic carbocycles. The number of thiol groups is 1. The summed E-state index contributed by atoms with van der Waals surface area (Å²) < 4.78 is 0. The van der Waals surface area contributed by atoms with Gasteiger partial charge in [-0.2, -0.15) is 12.6 Å². The molecule has 0 aromatic carbocycles. The number of rotatable bonds is 1. The predicted octanol–water partition coefficient (Wildman–Crippen LogP) is -0.991. The zero-order chi connectivity index (χ0) is 5.86. The Kier molecular flexibility index (Phi) is 7.52. The normalized spacial score (nSPS) is 8.50. The van der Waals surface area contributed by atoms with E-state index >= 15 is 0 Å². The lowest BCUT2D eigenvalue weighted by Crippen LogP contribution is -3.09. The van der Waals surface area contributed by atoms with E-state index in [0.717, 1.165) is 4.90 Å². The molecular weight excluding hydrogens is 146 g/mol. The summed E-state index contributed by atoms with van der Waals surface area (Å²) in [6.07, 6.45) is 0. The van der Waals surface area contributed by atoms with Crippen LogP contribution in [-0.4, -0.2) is 25.8 Å². The minimum atomic E-state index is 0. The molecule has 50 valence electrons. The van der Waals surface area contributed by atoms with Crippen molar-refractivity contribution < 1.29 is 9.69 Å². The van der Waals surface area contributed by atoms with Crippen LogP contribution in [0.4, 0.5) is 0 Å². The van der Waals surface area contributed by atoms with Crippen LogP contribution in [0.3, 0.4) is 0 Å². The van der Waals surface area contributed by atoms with Gasteiger partial charge in [0.15, 0.2) is 0 Å². The zero-order valence-electron chi connectivity index (χ0n) is 4.97. The molecule has 0 aliphatic heterocycles. The molecule has 4 heteroatoms. The predicted molar refractivity (Wildman–Crippen MR) is 38.9 cm³/mol. The average Bonchev–Trinajstić information content (AvgIpc) is 1.65. The van der Waals surface area contributed by atoms with Crippen molar-refractivity contribution in [1.82, 2.24) is 0 Å². The largest absolute Gasteiger partial charge is 0.321 e. The van der Waals surface area contributed by atoms with E-state index in [9.17, 15) is 4.79 Å². The van der Waals surface area contributed by atoms with Crippen molar-refractivity contribution in [3.8, 4) is 0 Å². The van der Waals surface area contributed by atoms with Crippen molar-refractivity contribution >= 4 is 30.9 Å². The van der Waals surface area contributed by atoms with E-state index in [0.29, 0.717) is 5.75 Å². The van der Waals surface area contributed by atoms with E-state index in [-0.39, 0.29) is 18.3 Å². The van der Waals surface area contributed by atoms with Crippen LogP contribution < -0.4 is 4.90 Å². The summed E-state index contributed by atoms with van der Waals surface area (Å²) in [5.74, 6) is 0.464. The smallest absolute Gasteiger partial charge is 0.276 e. The monoisotopic (exact) mass is 156 g/mol. The number of hydrogen-bond donors (Lipinski definition) is 2. The van der Waals surface area contributed by atoms with Gasteiger partial charge in [0.1, 0.15) is 5.75 Å². The fraction of sp³-hybridized carbons (Fsp3) is 0.750. The lowest BCUT2D eigenvalue weighted by atomic mass is 10.6. The first kappa shape index (κ1) is 11.1. The molecule has 0 saturated carbocycles. The van der Waals surface area contributed by atoms with Crippen molar-refractivity contribution in [3.63, 3.8) is 0 Å². The second-order valence-corrected chi connectivity index (χ2v) is 1.90. The van der Waals surface area contributed by atoms with Crippen LogP contribution >= 0.6 is 25.0 Å². The highest BCUT2D eigenvalue weighted by atomic mass is 35.5. The van der Waals surface area contributed by atoms with Crippen molar-refractivity contribution in [2.24, 2.45) is 0 Å². The molecule has 0 radical (unpaired) electrons. The summed E-state index contributed by atoms with van der Waals surface area (Å²) in [6, 6.07) is 0. The van der Waals surface area contributed by atoms with Crippen LogP contribution in [0.15, 0.2) is 0 Å². The van der Waals surface area contributed by atoms with Crippen molar-refractivity contribution in [2.45, 2.75) is 0 Å². The van der Waals surface area contributed by atoms with Gasteiger partial charge in [-0.3, -0.25) is 4.90 Å². The van der Waals surface area contributed by atoms with E-state index in [4.69, 9.17) is 0 Å². The Morgan fingerprint density at radius 1 is 1.62 bits per heavy atom. The quantitative estimate of drug-likeness (QED) is 0.468. The fourth-order valence-corrected chi connectivity index (χ4v) is 0.474. The summed E-state index contributed by atoms with van der Waals surface area (Å²) in [4.78, 5) is 11.2. The summed E-state index contributed by atoms with van der Waals surface area (Å²) >= 11 is 3.78. The highest BCUT2D eigenvalue weighted by Crippen LogP contribution is 1.63. The zero-order valence-corrected chi connectivity index (χ0v) is 6.68. The summed E-state index contributed by atoms with van der Waals surface area (Å²) in [6.45, 7) is 0. The third-order valence-corrected chi connectivity index (χ3v) is 0.988. The molecule has 0 aliphatic rings. The maximum atomic E-state index is 10.4. The molecule has 0 saturated heterocycles. The van der Waals surface area contributed by atoms with Crippen molar-refractivity contribution in [3.05, 3.63) is 0 Å². The van der Waals surface area contributed by atoms with Crippen LogP contribution in [0, 0.1) is 0 Å². The number of quaternary nitrogens is 1. The molecule has 0 fully saturated rings. The lowest BCUT2D eigenvalue weighted by Gasteiger charge is -1.98. The maximum absolute atomic E-state index is 10.4.